The molecule has 4 rings (SSSR count). The Morgan fingerprint density at radius 3 is 2.30 bits per heavy atom. The molecule has 252 valence electrons. The molecule has 2 heterocycles. The van der Waals surface area contributed by atoms with E-state index in [0.717, 1.165) is 32.1 Å². The van der Waals surface area contributed by atoms with Crippen LogP contribution in [-0.4, -0.2) is 68.4 Å². The van der Waals surface area contributed by atoms with Crippen molar-refractivity contribution in [2.24, 2.45) is 40.9 Å². The molecule has 2 aliphatic carbocycles. The van der Waals surface area contributed by atoms with Crippen molar-refractivity contribution >= 4 is 34.9 Å². The highest BCUT2D eigenvalue weighted by atomic mass is 16.2. The number of amides is 2. The number of likely N-dealkylation sites (tertiary alicyclic amines) is 1. The van der Waals surface area contributed by atoms with E-state index in [9.17, 15) is 28.8 Å². The first-order valence-corrected chi connectivity index (χ1v) is 17.2. The van der Waals surface area contributed by atoms with Crippen LogP contribution in [0.15, 0.2) is 18.6 Å². The third kappa shape index (κ3) is 8.53. The summed E-state index contributed by atoms with van der Waals surface area (Å²) < 4.78 is 0. The number of hydrogen-bond donors (Lipinski definition) is 1. The van der Waals surface area contributed by atoms with Gasteiger partial charge in [0, 0.05) is 50.0 Å². The molecule has 0 bridgehead atoms. The van der Waals surface area contributed by atoms with Gasteiger partial charge in [-0.1, -0.05) is 54.4 Å². The molecule has 6 atom stereocenters. The molecule has 1 N–H and O–H groups in total. The van der Waals surface area contributed by atoms with Crippen LogP contribution in [-0.2, 0) is 24.0 Å². The molecule has 0 radical (unpaired) electrons. The van der Waals surface area contributed by atoms with Gasteiger partial charge in [-0.25, -0.2) is 4.98 Å². The fourth-order valence-electron chi connectivity index (χ4n) is 7.34. The number of rotatable bonds is 16. The van der Waals surface area contributed by atoms with E-state index in [0.29, 0.717) is 25.3 Å². The lowest BCUT2D eigenvalue weighted by molar-refractivity contribution is -0.146. The van der Waals surface area contributed by atoms with Gasteiger partial charge in [-0.05, 0) is 61.2 Å². The molecule has 3 aliphatic rings. The number of nitrogens with one attached hydrogen (secondary N) is 1. The summed E-state index contributed by atoms with van der Waals surface area (Å²) in [5.41, 5.74) is -0.506. The van der Waals surface area contributed by atoms with Crippen molar-refractivity contribution in [1.29, 1.82) is 0 Å². The Hall–Kier alpha value is -3.30. The van der Waals surface area contributed by atoms with Crippen LogP contribution in [0.4, 0.5) is 0 Å². The molecular formula is C36H52N4O6. The molecule has 0 spiro atoms. The van der Waals surface area contributed by atoms with Crippen molar-refractivity contribution in [2.75, 3.05) is 6.54 Å². The summed E-state index contributed by atoms with van der Waals surface area (Å²) in [4.78, 5) is 90.9. The van der Waals surface area contributed by atoms with E-state index in [1.54, 1.807) is 4.90 Å². The lowest BCUT2D eigenvalue weighted by Gasteiger charge is -2.37. The number of Topliss-reactive ketones (excluding diaryl/α,β-unsaturated/α-hetero) is 4. The van der Waals surface area contributed by atoms with Crippen LogP contribution < -0.4 is 5.32 Å². The average Bonchev–Trinajstić information content (AvgIpc) is 3.57. The predicted octanol–water partition coefficient (Wildman–Crippen LogP) is 4.79. The summed E-state index contributed by atoms with van der Waals surface area (Å²) in [6.45, 7) is 11.7. The molecule has 46 heavy (non-hydrogen) atoms. The number of fused-ring (bicyclic) bond motifs is 1. The van der Waals surface area contributed by atoms with Crippen molar-refractivity contribution in [3.8, 4) is 0 Å². The second-order valence-electron chi connectivity index (χ2n) is 15.3. The van der Waals surface area contributed by atoms with Gasteiger partial charge >= 0.3 is 0 Å². The van der Waals surface area contributed by atoms with Gasteiger partial charge in [-0.3, -0.25) is 33.8 Å². The largest absolute Gasteiger partial charge is 0.344 e. The van der Waals surface area contributed by atoms with Gasteiger partial charge < -0.3 is 10.2 Å². The van der Waals surface area contributed by atoms with Gasteiger partial charge in [0.1, 0.15) is 11.7 Å². The number of hydrogen-bond acceptors (Lipinski definition) is 8. The minimum atomic E-state index is -0.935. The molecule has 10 nitrogen and oxygen atoms in total. The highest BCUT2D eigenvalue weighted by Crippen LogP contribution is 2.44. The molecule has 1 saturated heterocycles. The first kappa shape index (κ1) is 35.6. The second-order valence-corrected chi connectivity index (χ2v) is 15.3. The van der Waals surface area contributed by atoms with E-state index in [1.165, 1.54) is 18.6 Å². The molecule has 2 saturated carbocycles. The Bertz CT molecular complexity index is 1300. The number of carbonyl (C=O) groups is 6. The van der Waals surface area contributed by atoms with Crippen molar-refractivity contribution in [1.82, 2.24) is 20.2 Å². The van der Waals surface area contributed by atoms with Crippen LogP contribution in [0.5, 0.6) is 0 Å². The Kier molecular flexibility index (Phi) is 11.6. The molecule has 2 amide bonds. The zero-order chi connectivity index (χ0) is 33.8. The Labute approximate surface area is 273 Å². The summed E-state index contributed by atoms with van der Waals surface area (Å²) in [6, 6.07) is -1.62. The Balaban J connectivity index is 1.53. The van der Waals surface area contributed by atoms with E-state index in [1.807, 2.05) is 41.5 Å². The summed E-state index contributed by atoms with van der Waals surface area (Å²) >= 11 is 0. The van der Waals surface area contributed by atoms with Crippen molar-refractivity contribution in [3.05, 3.63) is 24.3 Å². The van der Waals surface area contributed by atoms with Gasteiger partial charge in [0.05, 0.1) is 12.2 Å². The SMILES string of the molecule is CCCC(CC(=O)C1[C@H]2CCC[C@H]2CN1C(=O)[C@@H](NC(=O)[C@H](CC(=O)c1cnccn1)C(C)C)C(C)(C)C)C(=O)C(=O)CC1CC1. The van der Waals surface area contributed by atoms with Crippen LogP contribution in [0.3, 0.4) is 0 Å². The van der Waals surface area contributed by atoms with Gasteiger partial charge in [0.25, 0.3) is 0 Å². The maximum atomic E-state index is 14.4. The molecule has 10 heteroatoms. The van der Waals surface area contributed by atoms with Gasteiger partial charge in [0.2, 0.25) is 17.6 Å². The van der Waals surface area contributed by atoms with Crippen LogP contribution in [0.1, 0.15) is 116 Å². The molecular weight excluding hydrogens is 584 g/mol. The molecule has 1 aromatic heterocycles. The first-order chi connectivity index (χ1) is 21.7. The first-order valence-electron chi connectivity index (χ1n) is 17.2. The minimum Gasteiger partial charge on any atom is -0.344 e. The highest BCUT2D eigenvalue weighted by Gasteiger charge is 2.52. The average molecular weight is 637 g/mol. The zero-order valence-electron chi connectivity index (χ0n) is 28.4. The lowest BCUT2D eigenvalue weighted by atomic mass is 9.82. The fraction of sp³-hybridized carbons (Fsp3) is 0.722. The van der Waals surface area contributed by atoms with Crippen LogP contribution >= 0.6 is 0 Å². The lowest BCUT2D eigenvalue weighted by Crippen LogP contribution is -2.58. The minimum absolute atomic E-state index is 0.000305. The van der Waals surface area contributed by atoms with Gasteiger partial charge in [-0.2, -0.15) is 0 Å². The molecule has 2 unspecified atom stereocenters. The summed E-state index contributed by atoms with van der Waals surface area (Å²) in [5, 5.41) is 2.99. The summed E-state index contributed by atoms with van der Waals surface area (Å²) in [6.07, 6.45) is 10.2. The Morgan fingerprint density at radius 2 is 1.72 bits per heavy atom. The number of carbonyl (C=O) groups excluding carboxylic acids is 6. The van der Waals surface area contributed by atoms with Crippen molar-refractivity contribution in [2.45, 2.75) is 118 Å². The van der Waals surface area contributed by atoms with Crippen LogP contribution in [0.25, 0.3) is 0 Å². The third-order valence-electron chi connectivity index (χ3n) is 10.2. The summed E-state index contributed by atoms with van der Waals surface area (Å²) in [7, 11) is 0. The van der Waals surface area contributed by atoms with Gasteiger partial charge in [0.15, 0.2) is 17.3 Å². The summed E-state index contributed by atoms with van der Waals surface area (Å²) in [5.74, 6) is -3.09. The normalized spacial score (nSPS) is 23.0. The van der Waals surface area contributed by atoms with E-state index in [2.05, 4.69) is 15.3 Å². The number of ketones is 4. The van der Waals surface area contributed by atoms with Crippen molar-refractivity contribution < 1.29 is 28.8 Å². The second kappa shape index (κ2) is 15.1. The smallest absolute Gasteiger partial charge is 0.246 e. The maximum Gasteiger partial charge on any atom is 0.246 e. The van der Waals surface area contributed by atoms with Crippen molar-refractivity contribution in [3.63, 3.8) is 0 Å². The van der Waals surface area contributed by atoms with E-state index >= 15 is 0 Å². The van der Waals surface area contributed by atoms with Crippen LogP contribution in [0.2, 0.25) is 0 Å². The Morgan fingerprint density at radius 1 is 1.00 bits per heavy atom. The van der Waals surface area contributed by atoms with E-state index in [4.69, 9.17) is 0 Å². The maximum absolute atomic E-state index is 14.4. The standard InChI is InChI=1S/C36H52N4O6/c1-7-9-23(32(44)30(43)16-22-12-13-22)17-29(42)31-25-11-8-10-24(25)20-40(31)35(46)33(36(4,5)6)39-34(45)26(21(2)3)18-28(41)27-19-37-14-15-38-27/h14-15,19,21-26,31,33H,7-13,16-18,20H2,1-6H3,(H,39,45)/t23?,24-,25-,26+,31?,33+/m0/s1. The zero-order valence-corrected chi connectivity index (χ0v) is 28.4. The topological polar surface area (TPSA) is 143 Å². The fourth-order valence-corrected chi connectivity index (χ4v) is 7.34. The van der Waals surface area contributed by atoms with Crippen LogP contribution in [0, 0.1) is 40.9 Å². The van der Waals surface area contributed by atoms with E-state index in [-0.39, 0.29) is 66.0 Å². The highest BCUT2D eigenvalue weighted by molar-refractivity contribution is 6.38. The quantitative estimate of drug-likeness (QED) is 0.202. The number of nitrogens with zero attached hydrogens (tertiary/aromatic N) is 3. The monoisotopic (exact) mass is 636 g/mol. The predicted molar refractivity (Wildman–Crippen MR) is 172 cm³/mol. The third-order valence-corrected chi connectivity index (χ3v) is 10.2. The van der Waals surface area contributed by atoms with Gasteiger partial charge in [-0.15, -0.1) is 0 Å². The van der Waals surface area contributed by atoms with E-state index < -0.39 is 41.0 Å². The molecule has 1 aliphatic heterocycles. The molecule has 0 aromatic carbocycles. The molecule has 3 fully saturated rings. The molecule has 1 aromatic rings. The number of aromatic nitrogens is 2.